The van der Waals surface area contributed by atoms with Crippen LogP contribution in [0.5, 0.6) is 0 Å². The fraction of sp³-hybridized carbons (Fsp3) is 0.304. The lowest BCUT2D eigenvalue weighted by molar-refractivity contribution is -0.150. The number of fused-ring (bicyclic) bond motifs is 3. The zero-order valence-corrected chi connectivity index (χ0v) is 17.4. The highest BCUT2D eigenvalue weighted by molar-refractivity contribution is 5.93. The van der Waals surface area contributed by atoms with E-state index in [1.807, 2.05) is 48.5 Å². The Morgan fingerprint density at radius 1 is 1.12 bits per heavy atom. The van der Waals surface area contributed by atoms with Gasteiger partial charge in [-0.05, 0) is 29.2 Å². The van der Waals surface area contributed by atoms with Crippen LogP contribution >= 0.6 is 0 Å². The maximum atomic E-state index is 12.4. The molecule has 2 aromatic rings. The third kappa shape index (κ3) is 4.14. The summed E-state index contributed by atoms with van der Waals surface area (Å²) in [5.74, 6) is -2.49. The molecule has 0 bridgehead atoms. The number of rotatable bonds is 6. The molecular formula is C23H23N3O6. The summed E-state index contributed by atoms with van der Waals surface area (Å²) in [5.41, 5.74) is 6.67. The first-order chi connectivity index (χ1) is 15.3. The van der Waals surface area contributed by atoms with E-state index in [4.69, 9.17) is 9.84 Å². The molecule has 9 heteroatoms. The lowest BCUT2D eigenvalue weighted by atomic mass is 9.98. The van der Waals surface area contributed by atoms with Crippen molar-refractivity contribution in [3.8, 4) is 11.1 Å². The molecule has 0 radical (unpaired) electrons. The summed E-state index contributed by atoms with van der Waals surface area (Å²) < 4.78 is 5.45. The van der Waals surface area contributed by atoms with Crippen molar-refractivity contribution in [1.29, 1.82) is 0 Å². The first-order valence-electron chi connectivity index (χ1n) is 10.3. The van der Waals surface area contributed by atoms with Crippen LogP contribution in [-0.2, 0) is 19.1 Å². The van der Waals surface area contributed by atoms with Gasteiger partial charge in [-0.2, -0.15) is 0 Å². The van der Waals surface area contributed by atoms with E-state index >= 15 is 0 Å². The SMILES string of the molecule is C[C@@H](CC(=O)N1NC(=O)CC1C(=O)O)NC(=O)OCC1c2ccccc2-c2ccccc21. The highest BCUT2D eigenvalue weighted by atomic mass is 16.5. The van der Waals surface area contributed by atoms with Gasteiger partial charge in [-0.15, -0.1) is 0 Å². The van der Waals surface area contributed by atoms with Crippen LogP contribution in [0.3, 0.4) is 0 Å². The number of hydrogen-bond donors (Lipinski definition) is 3. The molecule has 1 heterocycles. The summed E-state index contributed by atoms with van der Waals surface area (Å²) in [6.45, 7) is 1.75. The molecule has 0 saturated carbocycles. The van der Waals surface area contributed by atoms with Gasteiger partial charge in [0, 0.05) is 18.4 Å². The zero-order valence-electron chi connectivity index (χ0n) is 17.4. The Hall–Kier alpha value is -3.88. The first kappa shape index (κ1) is 21.4. The molecule has 0 spiro atoms. The molecule has 32 heavy (non-hydrogen) atoms. The van der Waals surface area contributed by atoms with Gasteiger partial charge in [0.2, 0.25) is 11.8 Å². The van der Waals surface area contributed by atoms with Crippen LogP contribution in [0.2, 0.25) is 0 Å². The van der Waals surface area contributed by atoms with E-state index in [2.05, 4.69) is 10.7 Å². The fourth-order valence-corrected chi connectivity index (χ4v) is 4.21. The Morgan fingerprint density at radius 3 is 2.31 bits per heavy atom. The number of hydrazine groups is 1. The standard InChI is InChI=1S/C23H23N3O6/c1-13(10-21(28)26-19(22(29)30)11-20(27)25-26)24-23(31)32-12-18-16-8-4-2-6-14(16)15-7-3-5-9-17(15)18/h2-9,13,18-19H,10-12H2,1H3,(H,24,31)(H,25,27)(H,29,30)/t13-,19?/m0/s1. The molecule has 1 saturated heterocycles. The largest absolute Gasteiger partial charge is 0.480 e. The average Bonchev–Trinajstić information content (AvgIpc) is 3.31. The highest BCUT2D eigenvalue weighted by Crippen LogP contribution is 2.44. The van der Waals surface area contributed by atoms with Crippen LogP contribution in [0.15, 0.2) is 48.5 Å². The number of aliphatic carboxylic acids is 1. The van der Waals surface area contributed by atoms with Crippen LogP contribution in [-0.4, -0.2) is 52.7 Å². The van der Waals surface area contributed by atoms with Crippen LogP contribution in [0.25, 0.3) is 11.1 Å². The first-order valence-corrected chi connectivity index (χ1v) is 10.3. The summed E-state index contributed by atoms with van der Waals surface area (Å²) in [6.07, 6.45) is -1.16. The molecule has 1 aliphatic carbocycles. The van der Waals surface area contributed by atoms with Crippen molar-refractivity contribution < 1.29 is 29.0 Å². The number of alkyl carbamates (subject to hydrolysis) is 1. The lowest BCUT2D eigenvalue weighted by Gasteiger charge is -2.22. The van der Waals surface area contributed by atoms with Crippen LogP contribution in [0.4, 0.5) is 4.79 Å². The molecule has 2 atom stereocenters. The Bertz CT molecular complexity index is 1040. The number of carboxylic acids is 1. The van der Waals surface area contributed by atoms with Crippen molar-refractivity contribution in [2.24, 2.45) is 0 Å². The fourth-order valence-electron chi connectivity index (χ4n) is 4.21. The van der Waals surface area contributed by atoms with Crippen molar-refractivity contribution in [3.05, 3.63) is 59.7 Å². The molecule has 1 fully saturated rings. The third-order valence-electron chi connectivity index (χ3n) is 5.68. The number of amides is 3. The molecule has 3 N–H and O–H groups in total. The van der Waals surface area contributed by atoms with Crippen molar-refractivity contribution in [2.45, 2.75) is 37.8 Å². The van der Waals surface area contributed by atoms with E-state index in [0.717, 1.165) is 27.3 Å². The van der Waals surface area contributed by atoms with Gasteiger partial charge in [0.05, 0.1) is 6.42 Å². The molecule has 166 valence electrons. The minimum atomic E-state index is -1.27. The second-order valence-corrected chi connectivity index (χ2v) is 7.93. The van der Waals surface area contributed by atoms with Gasteiger partial charge in [0.25, 0.3) is 0 Å². The summed E-state index contributed by atoms with van der Waals surface area (Å²) in [4.78, 5) is 47.4. The van der Waals surface area contributed by atoms with E-state index in [1.54, 1.807) is 6.92 Å². The summed E-state index contributed by atoms with van der Waals surface area (Å²) in [6, 6.07) is 14.1. The minimum Gasteiger partial charge on any atom is -0.480 e. The maximum absolute atomic E-state index is 12.4. The summed E-state index contributed by atoms with van der Waals surface area (Å²) in [5, 5.41) is 12.6. The topological polar surface area (TPSA) is 125 Å². The number of nitrogens with zero attached hydrogens (tertiary/aromatic N) is 1. The van der Waals surface area contributed by atoms with Gasteiger partial charge in [-0.3, -0.25) is 15.0 Å². The number of ether oxygens (including phenoxy) is 1. The number of carbonyl (C=O) groups excluding carboxylic acids is 3. The van der Waals surface area contributed by atoms with Gasteiger partial charge in [-0.25, -0.2) is 14.6 Å². The van der Waals surface area contributed by atoms with Crippen molar-refractivity contribution in [3.63, 3.8) is 0 Å². The molecule has 2 aliphatic rings. The van der Waals surface area contributed by atoms with E-state index in [1.165, 1.54) is 0 Å². The van der Waals surface area contributed by atoms with Gasteiger partial charge in [-0.1, -0.05) is 48.5 Å². The molecule has 4 rings (SSSR count). The molecule has 3 amide bonds. The highest BCUT2D eigenvalue weighted by Gasteiger charge is 2.39. The zero-order chi connectivity index (χ0) is 22.8. The van der Waals surface area contributed by atoms with Crippen molar-refractivity contribution >= 4 is 23.9 Å². The second-order valence-electron chi connectivity index (χ2n) is 7.93. The van der Waals surface area contributed by atoms with Crippen LogP contribution < -0.4 is 10.7 Å². The summed E-state index contributed by atoms with van der Waals surface area (Å²) >= 11 is 0. The van der Waals surface area contributed by atoms with Crippen molar-refractivity contribution in [2.75, 3.05) is 6.61 Å². The van der Waals surface area contributed by atoms with E-state index < -0.39 is 36.0 Å². The molecular weight excluding hydrogens is 414 g/mol. The Labute approximate surface area is 184 Å². The average molecular weight is 437 g/mol. The Kier molecular flexibility index (Phi) is 5.81. The number of nitrogens with one attached hydrogen (secondary N) is 2. The predicted molar refractivity (Wildman–Crippen MR) is 113 cm³/mol. The Morgan fingerprint density at radius 2 is 1.72 bits per heavy atom. The third-order valence-corrected chi connectivity index (χ3v) is 5.68. The predicted octanol–water partition coefficient (Wildman–Crippen LogP) is 2.02. The Balaban J connectivity index is 1.33. The van der Waals surface area contributed by atoms with E-state index in [-0.39, 0.29) is 25.4 Å². The van der Waals surface area contributed by atoms with Crippen LogP contribution in [0, 0.1) is 0 Å². The summed E-state index contributed by atoms with van der Waals surface area (Å²) in [7, 11) is 0. The van der Waals surface area contributed by atoms with Gasteiger partial charge < -0.3 is 15.2 Å². The van der Waals surface area contributed by atoms with E-state index in [0.29, 0.717) is 0 Å². The van der Waals surface area contributed by atoms with E-state index in [9.17, 15) is 19.2 Å². The van der Waals surface area contributed by atoms with Crippen LogP contribution in [0.1, 0.15) is 36.8 Å². The molecule has 1 aliphatic heterocycles. The molecule has 2 aromatic carbocycles. The van der Waals surface area contributed by atoms with Gasteiger partial charge >= 0.3 is 12.1 Å². The second kappa shape index (κ2) is 8.70. The maximum Gasteiger partial charge on any atom is 0.407 e. The van der Waals surface area contributed by atoms with Crippen molar-refractivity contribution in [1.82, 2.24) is 15.8 Å². The smallest absolute Gasteiger partial charge is 0.407 e. The molecule has 9 nitrogen and oxygen atoms in total. The normalized spacial score (nSPS) is 17.8. The number of carboxylic acid groups (broad SMARTS) is 1. The molecule has 0 aromatic heterocycles. The monoisotopic (exact) mass is 437 g/mol. The minimum absolute atomic E-state index is 0.0822. The van der Waals surface area contributed by atoms with Gasteiger partial charge in [0.15, 0.2) is 6.04 Å². The van der Waals surface area contributed by atoms with Gasteiger partial charge in [0.1, 0.15) is 6.61 Å². The number of hydrogen-bond acceptors (Lipinski definition) is 5. The number of carbonyl (C=O) groups is 4. The quantitative estimate of drug-likeness (QED) is 0.635. The number of benzene rings is 2. The lowest BCUT2D eigenvalue weighted by Crippen LogP contribution is -2.48. The molecule has 1 unspecified atom stereocenters.